The number of phenolic OH excluding ortho intramolecular Hbond substituents is 1. The highest BCUT2D eigenvalue weighted by Gasteiger charge is 2.26. The zero-order valence-corrected chi connectivity index (χ0v) is 16.3. The molecule has 0 radical (unpaired) electrons. The molecule has 0 aliphatic carbocycles. The molecule has 1 atom stereocenters. The lowest BCUT2D eigenvalue weighted by Crippen LogP contribution is -2.14. The van der Waals surface area contributed by atoms with E-state index in [9.17, 15) is 19.4 Å². The summed E-state index contributed by atoms with van der Waals surface area (Å²) < 4.78 is 13.9. The summed E-state index contributed by atoms with van der Waals surface area (Å²) in [5, 5.41) is 23.7. The Hall–Kier alpha value is -3.75. The molecule has 4 aromatic rings. The Morgan fingerprint density at radius 1 is 1.13 bits per heavy atom. The van der Waals surface area contributed by atoms with Gasteiger partial charge in [-0.05, 0) is 30.3 Å². The molecule has 0 fully saturated rings. The van der Waals surface area contributed by atoms with Crippen LogP contribution in [-0.2, 0) is 9.36 Å². The molecule has 0 spiro atoms. The number of aromatic hydroxyl groups is 1. The van der Waals surface area contributed by atoms with Crippen LogP contribution in [0.4, 0.5) is 5.82 Å². The number of phenols is 1. The van der Waals surface area contributed by atoms with Gasteiger partial charge in [-0.2, -0.15) is 5.10 Å². The van der Waals surface area contributed by atoms with Gasteiger partial charge in [0.1, 0.15) is 29.8 Å². The Morgan fingerprint density at radius 2 is 1.90 bits per heavy atom. The third kappa shape index (κ3) is 3.49. The first-order chi connectivity index (χ1) is 14.3. The van der Waals surface area contributed by atoms with Gasteiger partial charge < -0.3 is 20.8 Å². The zero-order valence-electron chi connectivity index (χ0n) is 15.4. The van der Waals surface area contributed by atoms with Crippen molar-refractivity contribution >= 4 is 35.5 Å². The minimum atomic E-state index is -4.11. The summed E-state index contributed by atoms with van der Waals surface area (Å²) in [5.74, 6) is -1.15. The molecule has 2 aromatic heterocycles. The molecule has 0 aliphatic rings. The quantitative estimate of drug-likeness (QED) is 0.349. The Labute approximate surface area is 169 Å². The van der Waals surface area contributed by atoms with Crippen molar-refractivity contribution in [3.8, 4) is 22.7 Å². The van der Waals surface area contributed by atoms with Crippen LogP contribution < -0.4 is 11.0 Å². The van der Waals surface area contributed by atoms with Crippen LogP contribution in [0.25, 0.3) is 28.0 Å². The third-order valence-corrected chi connectivity index (χ3v) is 6.23. The molecule has 152 valence electrons. The van der Waals surface area contributed by atoms with Gasteiger partial charge in [0.2, 0.25) is 7.37 Å². The number of aliphatic carboxylic acids is 1. The van der Waals surface area contributed by atoms with Crippen molar-refractivity contribution in [2.75, 3.05) is 11.9 Å². The Morgan fingerprint density at radius 3 is 2.63 bits per heavy atom. The molecule has 10 nitrogen and oxygen atoms in total. The fraction of sp³-hybridized carbons (Fsp3) is 0.0526. The summed E-state index contributed by atoms with van der Waals surface area (Å²) in [7, 11) is -4.11. The summed E-state index contributed by atoms with van der Waals surface area (Å²) in [6, 6.07) is 12.4. The first-order valence-corrected chi connectivity index (χ1v) is 10.5. The van der Waals surface area contributed by atoms with Crippen LogP contribution in [0, 0.1) is 0 Å². The monoisotopic (exact) mass is 425 g/mol. The van der Waals surface area contributed by atoms with E-state index in [-0.39, 0.29) is 16.9 Å². The van der Waals surface area contributed by atoms with Crippen LogP contribution in [0.3, 0.4) is 0 Å². The Balaban J connectivity index is 1.93. The zero-order chi connectivity index (χ0) is 21.5. The summed E-state index contributed by atoms with van der Waals surface area (Å²) >= 11 is 0. The second-order valence-electron chi connectivity index (χ2n) is 6.54. The lowest BCUT2D eigenvalue weighted by atomic mass is 10.1. The van der Waals surface area contributed by atoms with Crippen LogP contribution >= 0.6 is 7.37 Å². The van der Waals surface area contributed by atoms with Crippen molar-refractivity contribution in [3.05, 3.63) is 54.9 Å². The molecule has 11 heteroatoms. The lowest BCUT2D eigenvalue weighted by molar-refractivity contribution is -0.134. The number of hydrogen-bond acceptors (Lipinski definition) is 7. The van der Waals surface area contributed by atoms with Crippen LogP contribution in [0.5, 0.6) is 5.75 Å². The number of hydrogen-bond donors (Lipinski definition) is 4. The number of carbonyl (C=O) groups is 1. The normalized spacial score (nSPS) is 13.2. The van der Waals surface area contributed by atoms with E-state index in [1.54, 1.807) is 18.2 Å². The van der Waals surface area contributed by atoms with Gasteiger partial charge in [0.25, 0.3) is 0 Å². The number of benzene rings is 2. The van der Waals surface area contributed by atoms with Crippen molar-refractivity contribution in [3.63, 3.8) is 0 Å². The smallest absolute Gasteiger partial charge is 0.313 e. The predicted octanol–water partition coefficient (Wildman–Crippen LogP) is 1.75. The van der Waals surface area contributed by atoms with Crippen molar-refractivity contribution in [1.82, 2.24) is 19.7 Å². The molecule has 2 aromatic carbocycles. The van der Waals surface area contributed by atoms with Gasteiger partial charge in [0.15, 0.2) is 5.65 Å². The molecular weight excluding hydrogens is 409 g/mol. The maximum absolute atomic E-state index is 12.5. The van der Waals surface area contributed by atoms with Gasteiger partial charge in [0.05, 0.1) is 11.1 Å². The van der Waals surface area contributed by atoms with E-state index in [2.05, 4.69) is 15.1 Å². The summed E-state index contributed by atoms with van der Waals surface area (Å²) in [6.45, 7) is 0. The maximum Gasteiger partial charge on any atom is 0.313 e. The Bertz CT molecular complexity index is 1340. The van der Waals surface area contributed by atoms with E-state index in [4.69, 9.17) is 10.8 Å². The number of nitrogen functional groups attached to an aromatic ring is 1. The van der Waals surface area contributed by atoms with Gasteiger partial charge in [-0.15, -0.1) is 0 Å². The number of fused-ring (bicyclic) bond motifs is 1. The number of aromatic nitrogens is 4. The highest BCUT2D eigenvalue weighted by molar-refractivity contribution is 7.66. The summed E-state index contributed by atoms with van der Waals surface area (Å²) in [6.07, 6.45) is 0.382. The molecule has 30 heavy (non-hydrogen) atoms. The molecule has 5 N–H and O–H groups in total. The topological polar surface area (TPSA) is 164 Å². The van der Waals surface area contributed by atoms with Gasteiger partial charge in [-0.3, -0.25) is 9.36 Å². The fourth-order valence-corrected chi connectivity index (χ4v) is 4.33. The first kappa shape index (κ1) is 19.6. The highest BCUT2D eigenvalue weighted by atomic mass is 31.2. The molecule has 0 amide bonds. The van der Waals surface area contributed by atoms with E-state index < -0.39 is 19.5 Å². The molecule has 0 saturated carbocycles. The van der Waals surface area contributed by atoms with Crippen molar-refractivity contribution < 1.29 is 24.5 Å². The van der Waals surface area contributed by atoms with Crippen molar-refractivity contribution in [2.24, 2.45) is 0 Å². The van der Waals surface area contributed by atoms with E-state index in [1.165, 1.54) is 41.3 Å². The standard InChI is InChI=1S/C19H16N5O5P/c20-18-16-17(11-3-1-5-13(25)7-11)23-24(19(16)22-10-21-18)12-4-2-6-14(8-12)30(28,29)9-15(26)27/h1-8,10,25H,9H2,(H,26,27)(H,28,29)(H2,20,21,22). The van der Waals surface area contributed by atoms with Crippen molar-refractivity contribution in [2.45, 2.75) is 0 Å². The number of rotatable bonds is 5. The molecule has 0 saturated heterocycles. The Kier molecular flexibility index (Phi) is 4.73. The molecule has 4 rings (SSSR count). The van der Waals surface area contributed by atoms with E-state index in [0.29, 0.717) is 28.0 Å². The fourth-order valence-electron chi connectivity index (χ4n) is 3.13. The average molecular weight is 425 g/mol. The predicted molar refractivity (Wildman–Crippen MR) is 110 cm³/mol. The van der Waals surface area contributed by atoms with E-state index in [0.717, 1.165) is 0 Å². The summed E-state index contributed by atoms with van der Waals surface area (Å²) in [5.41, 5.74) is 7.80. The molecule has 2 heterocycles. The lowest BCUT2D eigenvalue weighted by Gasteiger charge is -2.11. The molecule has 1 unspecified atom stereocenters. The number of carboxylic acid groups (broad SMARTS) is 1. The second kappa shape index (κ2) is 7.25. The van der Waals surface area contributed by atoms with Gasteiger partial charge >= 0.3 is 5.97 Å². The number of nitrogens with two attached hydrogens (primary N) is 1. The maximum atomic E-state index is 12.5. The number of nitrogens with zero attached hydrogens (tertiary/aromatic N) is 4. The van der Waals surface area contributed by atoms with Crippen LogP contribution in [0.2, 0.25) is 0 Å². The average Bonchev–Trinajstić information content (AvgIpc) is 3.08. The minimum absolute atomic E-state index is 0.0213. The van der Waals surface area contributed by atoms with Gasteiger partial charge in [0, 0.05) is 10.9 Å². The van der Waals surface area contributed by atoms with E-state index >= 15 is 0 Å². The third-order valence-electron chi connectivity index (χ3n) is 4.44. The van der Waals surface area contributed by atoms with Crippen LogP contribution in [0.15, 0.2) is 54.9 Å². The van der Waals surface area contributed by atoms with Crippen molar-refractivity contribution in [1.29, 1.82) is 0 Å². The number of anilines is 1. The summed E-state index contributed by atoms with van der Waals surface area (Å²) in [4.78, 5) is 29.4. The van der Waals surface area contributed by atoms with Gasteiger partial charge in [-0.25, -0.2) is 14.6 Å². The minimum Gasteiger partial charge on any atom is -0.508 e. The highest BCUT2D eigenvalue weighted by Crippen LogP contribution is 2.39. The second-order valence-corrected chi connectivity index (χ2v) is 8.78. The largest absolute Gasteiger partial charge is 0.508 e. The molecular formula is C19H16N5O5P. The van der Waals surface area contributed by atoms with E-state index in [1.807, 2.05) is 0 Å². The van der Waals surface area contributed by atoms with Crippen LogP contribution in [-0.4, -0.2) is 47.0 Å². The first-order valence-electron chi connectivity index (χ1n) is 8.69. The van der Waals surface area contributed by atoms with Crippen LogP contribution in [0.1, 0.15) is 0 Å². The van der Waals surface area contributed by atoms with Gasteiger partial charge in [-0.1, -0.05) is 18.2 Å². The molecule has 0 aliphatic heterocycles. The number of carboxylic acids is 1. The SMILES string of the molecule is Nc1ncnc2c1c(-c1cccc(O)c1)nn2-c1cccc(P(=O)(O)CC(=O)O)c1. The molecule has 0 bridgehead atoms.